The minimum Gasteiger partial charge on any atom is -0.468 e. The van der Waals surface area contributed by atoms with E-state index in [0.29, 0.717) is 11.8 Å². The Balaban J connectivity index is 1.53. The molecule has 24 heavy (non-hydrogen) atoms. The molecule has 3 heterocycles. The highest BCUT2D eigenvalue weighted by molar-refractivity contribution is 5.86. The number of benzene rings is 1. The molecule has 0 bridgehead atoms. The standard InChI is InChI=1S/C20H24N2O2/c1-21-15-18(16-6-3-2-4-7-16)20(19(21)23)9-11-22(12-10-20)14-17-8-5-13-24-17/h2-8,13,18H,9-12,14-15H2,1H3/t18-/m1/s1. The second kappa shape index (κ2) is 6.10. The maximum absolute atomic E-state index is 13.0. The monoisotopic (exact) mass is 324 g/mol. The lowest BCUT2D eigenvalue weighted by Crippen LogP contribution is -2.45. The molecule has 2 aromatic rings. The van der Waals surface area contributed by atoms with Gasteiger partial charge in [-0.1, -0.05) is 30.3 Å². The van der Waals surface area contributed by atoms with Gasteiger partial charge >= 0.3 is 0 Å². The predicted octanol–water partition coefficient (Wildman–Crippen LogP) is 3.12. The number of nitrogens with zero attached hydrogens (tertiary/aromatic N) is 2. The molecule has 4 nitrogen and oxygen atoms in total. The van der Waals surface area contributed by atoms with Crippen molar-refractivity contribution in [1.82, 2.24) is 9.80 Å². The first-order valence-corrected chi connectivity index (χ1v) is 8.74. The number of piperidine rings is 1. The van der Waals surface area contributed by atoms with Gasteiger partial charge in [0.15, 0.2) is 0 Å². The molecule has 2 aliphatic heterocycles. The summed E-state index contributed by atoms with van der Waals surface area (Å²) in [5.41, 5.74) is 1.07. The molecule has 2 aliphatic rings. The van der Waals surface area contributed by atoms with Crippen LogP contribution in [0.25, 0.3) is 0 Å². The zero-order chi connectivity index (χ0) is 16.6. The Morgan fingerprint density at radius 1 is 1.12 bits per heavy atom. The third-order valence-corrected chi connectivity index (χ3v) is 5.81. The fourth-order valence-corrected chi connectivity index (χ4v) is 4.47. The van der Waals surface area contributed by atoms with E-state index in [1.807, 2.05) is 30.1 Å². The van der Waals surface area contributed by atoms with Crippen molar-refractivity contribution >= 4 is 5.91 Å². The third-order valence-electron chi connectivity index (χ3n) is 5.81. The number of likely N-dealkylation sites (tertiary alicyclic amines) is 2. The van der Waals surface area contributed by atoms with Crippen LogP contribution in [-0.4, -0.2) is 42.4 Å². The van der Waals surface area contributed by atoms with Crippen LogP contribution in [0, 0.1) is 5.41 Å². The highest BCUT2D eigenvalue weighted by Crippen LogP contribution is 2.50. The smallest absolute Gasteiger partial charge is 0.229 e. The molecule has 1 amide bonds. The fourth-order valence-electron chi connectivity index (χ4n) is 4.47. The van der Waals surface area contributed by atoms with E-state index >= 15 is 0 Å². The third kappa shape index (κ3) is 2.55. The molecule has 4 rings (SSSR count). The zero-order valence-corrected chi connectivity index (χ0v) is 14.1. The van der Waals surface area contributed by atoms with E-state index < -0.39 is 0 Å². The second-order valence-electron chi connectivity index (χ2n) is 7.16. The van der Waals surface area contributed by atoms with Crippen LogP contribution >= 0.6 is 0 Å². The molecule has 1 spiro atoms. The van der Waals surface area contributed by atoms with E-state index in [1.54, 1.807) is 6.26 Å². The highest BCUT2D eigenvalue weighted by atomic mass is 16.3. The Hall–Kier alpha value is -2.07. The lowest BCUT2D eigenvalue weighted by Gasteiger charge is -2.41. The van der Waals surface area contributed by atoms with Gasteiger partial charge in [0.05, 0.1) is 18.2 Å². The molecule has 4 heteroatoms. The van der Waals surface area contributed by atoms with Crippen LogP contribution in [0.3, 0.4) is 0 Å². The van der Waals surface area contributed by atoms with Crippen LogP contribution in [0.15, 0.2) is 53.1 Å². The average molecular weight is 324 g/mol. The average Bonchev–Trinajstić information content (AvgIpc) is 3.21. The van der Waals surface area contributed by atoms with Gasteiger partial charge in [-0.25, -0.2) is 0 Å². The van der Waals surface area contributed by atoms with E-state index in [4.69, 9.17) is 4.42 Å². The van der Waals surface area contributed by atoms with Crippen molar-refractivity contribution in [3.63, 3.8) is 0 Å². The Labute approximate surface area is 143 Å². The first-order valence-electron chi connectivity index (χ1n) is 8.74. The normalized spacial score (nSPS) is 24.0. The van der Waals surface area contributed by atoms with Gasteiger partial charge in [-0.2, -0.15) is 0 Å². The molecular weight excluding hydrogens is 300 g/mol. The summed E-state index contributed by atoms with van der Waals surface area (Å²) in [4.78, 5) is 17.3. The summed E-state index contributed by atoms with van der Waals surface area (Å²) in [7, 11) is 1.95. The van der Waals surface area contributed by atoms with Crippen molar-refractivity contribution in [2.45, 2.75) is 25.3 Å². The maximum atomic E-state index is 13.0. The van der Waals surface area contributed by atoms with Crippen molar-refractivity contribution in [3.8, 4) is 0 Å². The molecule has 0 saturated carbocycles. The fraction of sp³-hybridized carbons (Fsp3) is 0.450. The number of rotatable bonds is 3. The largest absolute Gasteiger partial charge is 0.468 e. The summed E-state index contributed by atoms with van der Waals surface area (Å²) in [6.45, 7) is 3.57. The van der Waals surface area contributed by atoms with Gasteiger partial charge in [0.25, 0.3) is 0 Å². The van der Waals surface area contributed by atoms with Crippen LogP contribution < -0.4 is 0 Å². The van der Waals surface area contributed by atoms with E-state index in [0.717, 1.165) is 44.8 Å². The molecule has 2 fully saturated rings. The number of likely N-dealkylation sites (N-methyl/N-ethyl adjacent to an activating group) is 1. The number of hydrogen-bond donors (Lipinski definition) is 0. The quantitative estimate of drug-likeness (QED) is 0.870. The topological polar surface area (TPSA) is 36.7 Å². The molecule has 2 saturated heterocycles. The Morgan fingerprint density at radius 3 is 2.54 bits per heavy atom. The molecular formula is C20H24N2O2. The van der Waals surface area contributed by atoms with Gasteiger partial charge in [-0.05, 0) is 43.6 Å². The highest BCUT2D eigenvalue weighted by Gasteiger charge is 2.54. The van der Waals surface area contributed by atoms with Gasteiger partial charge < -0.3 is 9.32 Å². The van der Waals surface area contributed by atoms with Crippen molar-refractivity contribution < 1.29 is 9.21 Å². The van der Waals surface area contributed by atoms with Gasteiger partial charge in [0, 0.05) is 19.5 Å². The van der Waals surface area contributed by atoms with Crippen LogP contribution in [0.5, 0.6) is 0 Å². The Bertz CT molecular complexity index is 688. The van der Waals surface area contributed by atoms with E-state index in [2.05, 4.69) is 29.2 Å². The molecule has 0 radical (unpaired) electrons. The summed E-state index contributed by atoms with van der Waals surface area (Å²) in [5, 5.41) is 0. The number of amides is 1. The summed E-state index contributed by atoms with van der Waals surface area (Å²) in [6, 6.07) is 14.5. The predicted molar refractivity (Wildman–Crippen MR) is 92.5 cm³/mol. The van der Waals surface area contributed by atoms with Crippen molar-refractivity contribution in [3.05, 3.63) is 60.1 Å². The minimum absolute atomic E-state index is 0.226. The zero-order valence-electron chi connectivity index (χ0n) is 14.1. The molecule has 1 aromatic heterocycles. The SMILES string of the molecule is CN1C[C@H](c2ccccc2)C2(CCN(Cc3ccco3)CC2)C1=O. The molecule has 1 atom stereocenters. The Kier molecular flexibility index (Phi) is 3.93. The van der Waals surface area contributed by atoms with Crippen molar-refractivity contribution in [1.29, 1.82) is 0 Å². The first kappa shape index (κ1) is 15.5. The molecule has 0 unspecified atom stereocenters. The lowest BCUT2D eigenvalue weighted by molar-refractivity contribution is -0.137. The molecule has 0 aliphatic carbocycles. The van der Waals surface area contributed by atoms with Crippen LogP contribution in [-0.2, 0) is 11.3 Å². The van der Waals surface area contributed by atoms with E-state index in [-0.39, 0.29) is 5.41 Å². The summed E-state index contributed by atoms with van der Waals surface area (Å²) < 4.78 is 5.47. The first-order chi connectivity index (χ1) is 11.7. The lowest BCUT2D eigenvalue weighted by atomic mass is 9.68. The summed E-state index contributed by atoms with van der Waals surface area (Å²) in [5.74, 6) is 1.64. The van der Waals surface area contributed by atoms with E-state index in [1.165, 1.54) is 5.56 Å². The van der Waals surface area contributed by atoms with Crippen LogP contribution in [0.2, 0.25) is 0 Å². The van der Waals surface area contributed by atoms with Gasteiger partial charge in [0.1, 0.15) is 5.76 Å². The number of furan rings is 1. The Morgan fingerprint density at radius 2 is 1.88 bits per heavy atom. The van der Waals surface area contributed by atoms with Crippen LogP contribution in [0.4, 0.5) is 0 Å². The molecule has 1 aromatic carbocycles. The minimum atomic E-state index is -0.226. The van der Waals surface area contributed by atoms with Gasteiger partial charge in [0.2, 0.25) is 5.91 Å². The number of hydrogen-bond acceptors (Lipinski definition) is 3. The number of carbonyl (C=O) groups is 1. The van der Waals surface area contributed by atoms with E-state index in [9.17, 15) is 4.79 Å². The molecule has 126 valence electrons. The number of carbonyl (C=O) groups excluding carboxylic acids is 1. The van der Waals surface area contributed by atoms with Gasteiger partial charge in [-0.3, -0.25) is 9.69 Å². The van der Waals surface area contributed by atoms with Crippen molar-refractivity contribution in [2.75, 3.05) is 26.7 Å². The second-order valence-corrected chi connectivity index (χ2v) is 7.16. The molecule has 0 N–H and O–H groups in total. The summed E-state index contributed by atoms with van der Waals surface area (Å²) >= 11 is 0. The maximum Gasteiger partial charge on any atom is 0.229 e. The summed E-state index contributed by atoms with van der Waals surface area (Å²) in [6.07, 6.45) is 3.58. The van der Waals surface area contributed by atoms with Crippen LogP contribution in [0.1, 0.15) is 30.1 Å². The van der Waals surface area contributed by atoms with Gasteiger partial charge in [-0.15, -0.1) is 0 Å². The van der Waals surface area contributed by atoms with Crippen molar-refractivity contribution in [2.24, 2.45) is 5.41 Å².